The molecule has 0 saturated heterocycles. The number of nitrogens with zero attached hydrogens (tertiary/aromatic N) is 2. The molecule has 1 aromatic rings. The lowest BCUT2D eigenvalue weighted by molar-refractivity contribution is -0.121. The molecule has 0 atom stereocenters. The van der Waals surface area contributed by atoms with Crippen molar-refractivity contribution in [1.29, 1.82) is 0 Å². The first kappa shape index (κ1) is 13.9. The molecule has 2 amide bonds. The van der Waals surface area contributed by atoms with Crippen LogP contribution < -0.4 is 10.6 Å². The molecule has 0 aromatic carbocycles. The standard InChI is InChI=1S/C9H13ClN4O2S/c1-9(2,3)12-5(15)4-11-6(16)7-13-14-8(10)17-7/h4H2,1-3H3,(H,11,16)(H,12,15). The molecule has 1 heterocycles. The van der Waals surface area contributed by atoms with E-state index in [0.717, 1.165) is 11.3 Å². The Bertz CT molecular complexity index is 427. The largest absolute Gasteiger partial charge is 0.350 e. The van der Waals surface area contributed by atoms with E-state index in [9.17, 15) is 9.59 Å². The molecule has 1 aromatic heterocycles. The van der Waals surface area contributed by atoms with Crippen molar-refractivity contribution in [1.82, 2.24) is 20.8 Å². The van der Waals surface area contributed by atoms with Gasteiger partial charge in [-0.05, 0) is 32.4 Å². The Balaban J connectivity index is 2.41. The lowest BCUT2D eigenvalue weighted by Gasteiger charge is -2.20. The van der Waals surface area contributed by atoms with E-state index in [1.165, 1.54) is 0 Å². The van der Waals surface area contributed by atoms with E-state index >= 15 is 0 Å². The Kier molecular flexibility index (Phi) is 4.41. The zero-order valence-corrected chi connectivity index (χ0v) is 11.3. The molecule has 1 rings (SSSR count). The summed E-state index contributed by atoms with van der Waals surface area (Å²) in [5.74, 6) is -0.722. The molecule has 0 aliphatic heterocycles. The maximum atomic E-state index is 11.5. The van der Waals surface area contributed by atoms with Gasteiger partial charge in [0, 0.05) is 5.54 Å². The van der Waals surface area contributed by atoms with Crippen LogP contribution in [0.25, 0.3) is 0 Å². The van der Waals surface area contributed by atoms with Crippen LogP contribution in [0.5, 0.6) is 0 Å². The van der Waals surface area contributed by atoms with Gasteiger partial charge in [-0.25, -0.2) is 0 Å². The Morgan fingerprint density at radius 3 is 2.47 bits per heavy atom. The van der Waals surface area contributed by atoms with Crippen LogP contribution in [0, 0.1) is 0 Å². The number of hydrogen-bond donors (Lipinski definition) is 2. The van der Waals surface area contributed by atoms with Gasteiger partial charge in [-0.2, -0.15) is 0 Å². The molecule has 0 bridgehead atoms. The molecule has 0 radical (unpaired) electrons. The van der Waals surface area contributed by atoms with E-state index in [4.69, 9.17) is 11.6 Å². The van der Waals surface area contributed by atoms with Gasteiger partial charge in [0.05, 0.1) is 6.54 Å². The third-order valence-corrected chi connectivity index (χ3v) is 2.54. The van der Waals surface area contributed by atoms with E-state index in [-0.39, 0.29) is 27.5 Å². The average Bonchev–Trinajstić information content (AvgIpc) is 2.58. The fourth-order valence-corrected chi connectivity index (χ4v) is 1.74. The van der Waals surface area contributed by atoms with Gasteiger partial charge in [-0.15, -0.1) is 10.2 Å². The van der Waals surface area contributed by atoms with Gasteiger partial charge in [0.1, 0.15) is 0 Å². The van der Waals surface area contributed by atoms with Crippen LogP contribution in [0.15, 0.2) is 0 Å². The van der Waals surface area contributed by atoms with E-state index in [0.29, 0.717) is 0 Å². The highest BCUT2D eigenvalue weighted by Crippen LogP contribution is 2.14. The Morgan fingerprint density at radius 1 is 1.35 bits per heavy atom. The van der Waals surface area contributed by atoms with Crippen molar-refractivity contribution in [2.75, 3.05) is 6.54 Å². The van der Waals surface area contributed by atoms with Crippen molar-refractivity contribution in [3.8, 4) is 0 Å². The molecule has 0 unspecified atom stereocenters. The lowest BCUT2D eigenvalue weighted by Crippen LogP contribution is -2.45. The van der Waals surface area contributed by atoms with Crippen molar-refractivity contribution < 1.29 is 9.59 Å². The minimum absolute atomic E-state index is 0.104. The Labute approximate surface area is 108 Å². The molecular weight excluding hydrogens is 264 g/mol. The number of rotatable bonds is 3. The maximum Gasteiger partial charge on any atom is 0.282 e. The summed E-state index contributed by atoms with van der Waals surface area (Å²) >= 11 is 6.50. The zero-order chi connectivity index (χ0) is 13.1. The van der Waals surface area contributed by atoms with E-state index in [1.807, 2.05) is 20.8 Å². The summed E-state index contributed by atoms with van der Waals surface area (Å²) in [6.07, 6.45) is 0. The topological polar surface area (TPSA) is 84.0 Å². The van der Waals surface area contributed by atoms with Gasteiger partial charge in [-0.3, -0.25) is 9.59 Å². The first-order valence-corrected chi connectivity index (χ1v) is 6.05. The first-order valence-electron chi connectivity index (χ1n) is 4.86. The molecule has 0 aliphatic rings. The highest BCUT2D eigenvalue weighted by Gasteiger charge is 2.16. The Morgan fingerprint density at radius 2 is 2.00 bits per heavy atom. The normalized spacial score (nSPS) is 11.1. The van der Waals surface area contributed by atoms with Crippen LogP contribution in [0.3, 0.4) is 0 Å². The molecule has 0 aliphatic carbocycles. The van der Waals surface area contributed by atoms with E-state index in [2.05, 4.69) is 20.8 Å². The molecule has 0 fully saturated rings. The third-order valence-electron chi connectivity index (χ3n) is 1.52. The lowest BCUT2D eigenvalue weighted by atomic mass is 10.1. The molecule has 94 valence electrons. The third kappa shape index (κ3) is 5.10. The second-order valence-corrected chi connectivity index (χ2v) is 5.90. The van der Waals surface area contributed by atoms with Gasteiger partial charge in [0.15, 0.2) is 0 Å². The summed E-state index contributed by atoms with van der Waals surface area (Å²) in [6.45, 7) is 5.47. The second kappa shape index (κ2) is 5.42. The summed E-state index contributed by atoms with van der Waals surface area (Å²) in [7, 11) is 0. The maximum absolute atomic E-state index is 11.5. The smallest absolute Gasteiger partial charge is 0.282 e. The van der Waals surface area contributed by atoms with Gasteiger partial charge in [0.25, 0.3) is 5.91 Å². The van der Waals surface area contributed by atoms with Crippen molar-refractivity contribution >= 4 is 34.8 Å². The van der Waals surface area contributed by atoms with Crippen LogP contribution >= 0.6 is 22.9 Å². The monoisotopic (exact) mass is 276 g/mol. The van der Waals surface area contributed by atoms with Crippen LogP contribution in [0.2, 0.25) is 4.47 Å². The zero-order valence-electron chi connectivity index (χ0n) is 9.70. The van der Waals surface area contributed by atoms with Gasteiger partial charge >= 0.3 is 0 Å². The molecule has 0 spiro atoms. The van der Waals surface area contributed by atoms with Crippen LogP contribution in [-0.4, -0.2) is 34.1 Å². The van der Waals surface area contributed by atoms with Gasteiger partial charge in [0.2, 0.25) is 15.4 Å². The molecular formula is C9H13ClN4O2S. The fraction of sp³-hybridized carbons (Fsp3) is 0.556. The molecule has 6 nitrogen and oxygen atoms in total. The van der Waals surface area contributed by atoms with Gasteiger partial charge in [-0.1, -0.05) is 11.3 Å². The molecule has 17 heavy (non-hydrogen) atoms. The number of carbonyl (C=O) groups excluding carboxylic acids is 2. The van der Waals surface area contributed by atoms with Gasteiger partial charge < -0.3 is 10.6 Å². The van der Waals surface area contributed by atoms with Crippen LogP contribution in [0.1, 0.15) is 30.6 Å². The van der Waals surface area contributed by atoms with E-state index in [1.54, 1.807) is 0 Å². The number of hydrogen-bond acceptors (Lipinski definition) is 5. The van der Waals surface area contributed by atoms with Crippen molar-refractivity contribution in [3.05, 3.63) is 9.47 Å². The number of aromatic nitrogens is 2. The summed E-state index contributed by atoms with van der Waals surface area (Å²) in [6, 6.07) is 0. The van der Waals surface area contributed by atoms with Crippen molar-refractivity contribution in [2.45, 2.75) is 26.3 Å². The number of nitrogens with one attached hydrogen (secondary N) is 2. The van der Waals surface area contributed by atoms with E-state index < -0.39 is 5.91 Å². The highest BCUT2D eigenvalue weighted by molar-refractivity contribution is 7.17. The van der Waals surface area contributed by atoms with Crippen LogP contribution in [-0.2, 0) is 4.79 Å². The predicted molar refractivity (Wildman–Crippen MR) is 65.1 cm³/mol. The quantitative estimate of drug-likeness (QED) is 0.857. The minimum Gasteiger partial charge on any atom is -0.350 e. The highest BCUT2D eigenvalue weighted by atomic mass is 35.5. The SMILES string of the molecule is CC(C)(C)NC(=O)CNC(=O)c1nnc(Cl)s1. The summed E-state index contributed by atoms with van der Waals surface area (Å²) < 4.78 is 0.189. The summed E-state index contributed by atoms with van der Waals surface area (Å²) in [4.78, 5) is 22.9. The summed E-state index contributed by atoms with van der Waals surface area (Å²) in [5.41, 5.74) is -0.326. The second-order valence-electron chi connectivity index (χ2n) is 4.34. The number of carbonyl (C=O) groups is 2. The summed E-state index contributed by atoms with van der Waals surface area (Å²) in [5, 5.41) is 12.3. The molecule has 0 saturated carbocycles. The molecule has 8 heteroatoms. The van der Waals surface area contributed by atoms with Crippen molar-refractivity contribution in [3.63, 3.8) is 0 Å². The fourth-order valence-electron chi connectivity index (χ4n) is 0.996. The van der Waals surface area contributed by atoms with Crippen LogP contribution in [0.4, 0.5) is 0 Å². The predicted octanol–water partition coefficient (Wildman–Crippen LogP) is 0.836. The average molecular weight is 277 g/mol. The minimum atomic E-state index is -0.460. The number of halogens is 1. The Hall–Kier alpha value is -1.21. The first-order chi connectivity index (χ1) is 7.78. The number of amides is 2. The molecule has 2 N–H and O–H groups in total. The van der Waals surface area contributed by atoms with Crippen molar-refractivity contribution in [2.24, 2.45) is 0 Å².